The molecular formula is C8H8F3NO2S. The number of nitrogen functional groups attached to an aromatic ring is 1. The fourth-order valence-corrected chi connectivity index (χ4v) is 1.73. The first-order chi connectivity index (χ1) is 6.86. The van der Waals surface area contributed by atoms with Crippen LogP contribution in [0.5, 0.6) is 5.75 Å². The van der Waals surface area contributed by atoms with Crippen LogP contribution in [0.2, 0.25) is 0 Å². The number of alkyl halides is 3. The van der Waals surface area contributed by atoms with Crippen LogP contribution < -0.4 is 10.5 Å². The number of hydrogen-bond acceptors (Lipinski definition) is 3. The van der Waals surface area contributed by atoms with Crippen LogP contribution in [0, 0.1) is 0 Å². The molecule has 1 rings (SSSR count). The monoisotopic (exact) mass is 239 g/mol. The van der Waals surface area contributed by atoms with E-state index in [1.54, 1.807) is 0 Å². The van der Waals surface area contributed by atoms with Gasteiger partial charge in [0.05, 0.1) is 12.0 Å². The van der Waals surface area contributed by atoms with E-state index in [-0.39, 0.29) is 11.4 Å². The van der Waals surface area contributed by atoms with E-state index < -0.39 is 21.2 Å². The first-order valence-electron chi connectivity index (χ1n) is 3.78. The van der Waals surface area contributed by atoms with Crippen molar-refractivity contribution in [3.63, 3.8) is 0 Å². The van der Waals surface area contributed by atoms with Crippen molar-refractivity contribution in [1.29, 1.82) is 0 Å². The third-order valence-electron chi connectivity index (χ3n) is 1.60. The topological polar surface area (TPSA) is 52.3 Å². The molecule has 84 valence electrons. The highest BCUT2D eigenvalue weighted by molar-refractivity contribution is 7.86. The van der Waals surface area contributed by atoms with Gasteiger partial charge in [0.2, 0.25) is 0 Å². The standard InChI is InChI=1S/C8H8F3NO2S/c1-14-6-4-5(12)2-3-7(6)15(13)8(9,10)11/h2-4H,12H2,1H3. The predicted octanol–water partition coefficient (Wildman–Crippen LogP) is 1.90. The number of anilines is 1. The molecule has 0 bridgehead atoms. The molecule has 1 aromatic rings. The first kappa shape index (κ1) is 11.8. The summed E-state index contributed by atoms with van der Waals surface area (Å²) in [6, 6.07) is 3.47. The lowest BCUT2D eigenvalue weighted by atomic mass is 10.3. The average Bonchev–Trinajstić information content (AvgIpc) is 2.15. The lowest BCUT2D eigenvalue weighted by Crippen LogP contribution is -2.17. The second kappa shape index (κ2) is 4.09. The third kappa shape index (κ3) is 2.62. The Morgan fingerprint density at radius 1 is 1.40 bits per heavy atom. The van der Waals surface area contributed by atoms with Crippen LogP contribution in [0.25, 0.3) is 0 Å². The van der Waals surface area contributed by atoms with Crippen molar-refractivity contribution in [3.8, 4) is 5.75 Å². The maximum absolute atomic E-state index is 12.2. The van der Waals surface area contributed by atoms with E-state index in [4.69, 9.17) is 5.73 Å². The van der Waals surface area contributed by atoms with Crippen molar-refractivity contribution in [2.24, 2.45) is 0 Å². The molecule has 3 nitrogen and oxygen atoms in total. The molecule has 0 aliphatic rings. The summed E-state index contributed by atoms with van der Waals surface area (Å²) >= 11 is 0. The molecule has 0 saturated heterocycles. The van der Waals surface area contributed by atoms with Crippen molar-refractivity contribution in [1.82, 2.24) is 0 Å². The number of nitrogens with two attached hydrogens (primary N) is 1. The summed E-state index contributed by atoms with van der Waals surface area (Å²) in [7, 11) is -1.91. The molecule has 0 radical (unpaired) electrons. The summed E-state index contributed by atoms with van der Waals surface area (Å²) in [4.78, 5) is -0.431. The maximum Gasteiger partial charge on any atom is 0.475 e. The molecule has 1 aromatic carbocycles. The minimum atomic E-state index is -4.80. The van der Waals surface area contributed by atoms with Crippen LogP contribution in [0.4, 0.5) is 18.9 Å². The molecule has 0 fully saturated rings. The molecule has 0 aromatic heterocycles. The van der Waals surface area contributed by atoms with Crippen LogP contribution in [0.15, 0.2) is 23.1 Å². The molecule has 15 heavy (non-hydrogen) atoms. The van der Waals surface area contributed by atoms with Gasteiger partial charge in [0, 0.05) is 11.8 Å². The minimum Gasteiger partial charge on any atom is -0.495 e. The normalized spacial score (nSPS) is 13.6. The van der Waals surface area contributed by atoms with Crippen LogP contribution >= 0.6 is 0 Å². The van der Waals surface area contributed by atoms with Crippen molar-refractivity contribution >= 4 is 16.5 Å². The summed E-state index contributed by atoms with van der Waals surface area (Å²) in [5.74, 6) is -0.134. The number of rotatable bonds is 2. The Morgan fingerprint density at radius 3 is 2.47 bits per heavy atom. The maximum atomic E-state index is 12.2. The van der Waals surface area contributed by atoms with Gasteiger partial charge in [-0.05, 0) is 12.1 Å². The lowest BCUT2D eigenvalue weighted by Gasteiger charge is -2.10. The van der Waals surface area contributed by atoms with E-state index in [0.717, 1.165) is 6.07 Å². The number of ether oxygens (including phenoxy) is 1. The summed E-state index contributed by atoms with van der Waals surface area (Å²) in [5, 5.41) is 0. The Bertz CT molecular complexity index is 392. The van der Waals surface area contributed by atoms with Crippen molar-refractivity contribution in [3.05, 3.63) is 18.2 Å². The fraction of sp³-hybridized carbons (Fsp3) is 0.250. The van der Waals surface area contributed by atoms with Crippen molar-refractivity contribution in [2.45, 2.75) is 10.4 Å². The van der Waals surface area contributed by atoms with Crippen LogP contribution in [-0.2, 0) is 10.8 Å². The zero-order valence-electron chi connectivity index (χ0n) is 7.67. The van der Waals surface area contributed by atoms with E-state index in [1.165, 1.54) is 19.2 Å². The number of methoxy groups -OCH3 is 1. The molecule has 0 aliphatic carbocycles. The van der Waals surface area contributed by atoms with Crippen LogP contribution in [0.1, 0.15) is 0 Å². The van der Waals surface area contributed by atoms with Gasteiger partial charge in [-0.3, -0.25) is 0 Å². The molecular weight excluding hydrogens is 231 g/mol. The molecule has 1 unspecified atom stereocenters. The summed E-state index contributed by atoms with van der Waals surface area (Å²) in [5.41, 5.74) is 0.795. The zero-order chi connectivity index (χ0) is 11.6. The molecule has 1 atom stereocenters. The minimum absolute atomic E-state index is 0.134. The Morgan fingerprint density at radius 2 is 2.00 bits per heavy atom. The molecule has 0 spiro atoms. The number of halogens is 3. The van der Waals surface area contributed by atoms with Gasteiger partial charge in [-0.2, -0.15) is 13.2 Å². The predicted molar refractivity (Wildman–Crippen MR) is 49.9 cm³/mol. The van der Waals surface area contributed by atoms with Gasteiger partial charge in [0.15, 0.2) is 10.8 Å². The van der Waals surface area contributed by atoms with Crippen LogP contribution in [-0.4, -0.2) is 16.8 Å². The summed E-state index contributed by atoms with van der Waals surface area (Å²) in [6.07, 6.45) is 0. The summed E-state index contributed by atoms with van der Waals surface area (Å²) < 4.78 is 52.2. The second-order valence-corrected chi connectivity index (χ2v) is 4.06. The average molecular weight is 239 g/mol. The number of benzene rings is 1. The molecule has 0 heterocycles. The molecule has 0 amide bonds. The van der Waals surface area contributed by atoms with Gasteiger partial charge in [0.1, 0.15) is 5.75 Å². The molecule has 2 N–H and O–H groups in total. The number of hydrogen-bond donors (Lipinski definition) is 1. The Labute approximate surface area is 86.5 Å². The van der Waals surface area contributed by atoms with Gasteiger partial charge in [0.25, 0.3) is 0 Å². The van der Waals surface area contributed by atoms with E-state index in [0.29, 0.717) is 0 Å². The van der Waals surface area contributed by atoms with Gasteiger partial charge in [-0.1, -0.05) is 0 Å². The highest BCUT2D eigenvalue weighted by Gasteiger charge is 2.39. The third-order valence-corrected chi connectivity index (χ3v) is 2.75. The molecule has 0 saturated carbocycles. The molecule has 7 heteroatoms. The van der Waals surface area contributed by atoms with Gasteiger partial charge < -0.3 is 10.5 Å². The van der Waals surface area contributed by atoms with E-state index in [9.17, 15) is 17.4 Å². The van der Waals surface area contributed by atoms with E-state index in [2.05, 4.69) is 4.74 Å². The SMILES string of the molecule is COc1cc(N)ccc1S(=O)C(F)(F)F. The fourth-order valence-electron chi connectivity index (χ4n) is 0.962. The van der Waals surface area contributed by atoms with Gasteiger partial charge in [-0.15, -0.1) is 0 Å². The van der Waals surface area contributed by atoms with Crippen molar-refractivity contribution < 1.29 is 22.1 Å². The lowest BCUT2D eigenvalue weighted by molar-refractivity contribution is -0.0385. The quantitative estimate of drug-likeness (QED) is 0.802. The second-order valence-electron chi connectivity index (χ2n) is 2.62. The van der Waals surface area contributed by atoms with E-state index in [1.807, 2.05) is 0 Å². The largest absolute Gasteiger partial charge is 0.495 e. The summed E-state index contributed by atoms with van der Waals surface area (Å²) in [6.45, 7) is 0. The molecule has 0 aliphatic heterocycles. The Balaban J connectivity index is 3.20. The Hall–Kier alpha value is -1.24. The first-order valence-corrected chi connectivity index (χ1v) is 4.93. The highest BCUT2D eigenvalue weighted by Crippen LogP contribution is 2.32. The van der Waals surface area contributed by atoms with Crippen LogP contribution in [0.3, 0.4) is 0 Å². The Kier molecular flexibility index (Phi) is 3.23. The smallest absolute Gasteiger partial charge is 0.475 e. The highest BCUT2D eigenvalue weighted by atomic mass is 32.2. The zero-order valence-corrected chi connectivity index (χ0v) is 8.48. The van der Waals surface area contributed by atoms with Gasteiger partial charge in [-0.25, -0.2) is 4.21 Å². The van der Waals surface area contributed by atoms with Gasteiger partial charge >= 0.3 is 5.51 Å². The van der Waals surface area contributed by atoms with E-state index >= 15 is 0 Å². The van der Waals surface area contributed by atoms with Crippen molar-refractivity contribution in [2.75, 3.05) is 12.8 Å².